The fraction of sp³-hybridized carbons (Fsp3) is 0.188. The summed E-state index contributed by atoms with van der Waals surface area (Å²) < 4.78 is 26.9. The molecule has 0 radical (unpaired) electrons. The molecule has 1 unspecified atom stereocenters. The van der Waals surface area contributed by atoms with Crippen molar-refractivity contribution in [1.29, 1.82) is 5.26 Å². The molecular weight excluding hydrogens is 294 g/mol. The van der Waals surface area contributed by atoms with Crippen LogP contribution in [0.3, 0.4) is 0 Å². The van der Waals surface area contributed by atoms with E-state index in [9.17, 15) is 8.78 Å². The molecule has 0 aromatic heterocycles. The zero-order chi connectivity index (χ0) is 15.6. The van der Waals surface area contributed by atoms with Crippen LogP contribution in [0.5, 0.6) is 0 Å². The number of hydrogen-bond donors (Lipinski definition) is 1. The maximum absolute atomic E-state index is 13.7. The smallest absolute Gasteiger partial charge is 0.141 e. The Morgan fingerprint density at radius 3 is 2.52 bits per heavy atom. The first kappa shape index (κ1) is 15.3. The molecule has 0 heterocycles. The molecule has 0 amide bonds. The highest BCUT2D eigenvalue weighted by Gasteiger charge is 2.12. The van der Waals surface area contributed by atoms with Crippen molar-refractivity contribution in [2.75, 3.05) is 5.32 Å². The van der Waals surface area contributed by atoms with E-state index in [4.69, 9.17) is 16.9 Å². The summed E-state index contributed by atoms with van der Waals surface area (Å²) >= 11 is 5.76. The van der Waals surface area contributed by atoms with Crippen LogP contribution in [0.25, 0.3) is 0 Å². The Bertz CT molecular complexity index is 723. The van der Waals surface area contributed by atoms with Crippen molar-refractivity contribution >= 4 is 17.3 Å². The standard InChI is InChI=1S/C16H13ClF2N2/c1-9-15(19)5-11(8-20)6-16(9)21-10(2)12-3-4-14(18)13(17)7-12/h3-7,10,21H,1-2H3. The van der Waals surface area contributed by atoms with Gasteiger partial charge in [-0.1, -0.05) is 17.7 Å². The van der Waals surface area contributed by atoms with E-state index in [1.54, 1.807) is 19.1 Å². The Kier molecular flexibility index (Phi) is 4.44. The largest absolute Gasteiger partial charge is 0.378 e. The van der Waals surface area contributed by atoms with Crippen LogP contribution in [0.15, 0.2) is 30.3 Å². The van der Waals surface area contributed by atoms with E-state index in [-0.39, 0.29) is 16.6 Å². The molecule has 2 aromatic rings. The maximum Gasteiger partial charge on any atom is 0.141 e. The quantitative estimate of drug-likeness (QED) is 0.869. The molecule has 0 saturated carbocycles. The lowest BCUT2D eigenvalue weighted by Gasteiger charge is -2.18. The summed E-state index contributed by atoms with van der Waals surface area (Å²) in [6.45, 7) is 3.48. The minimum absolute atomic E-state index is 0.0369. The highest BCUT2D eigenvalue weighted by Crippen LogP contribution is 2.27. The van der Waals surface area contributed by atoms with Crippen LogP contribution < -0.4 is 5.32 Å². The lowest BCUT2D eigenvalue weighted by atomic mass is 10.1. The SMILES string of the molecule is Cc1c(F)cc(C#N)cc1NC(C)c1ccc(F)c(Cl)c1. The van der Waals surface area contributed by atoms with Crippen LogP contribution in [0, 0.1) is 29.9 Å². The molecule has 0 fully saturated rings. The second-order valence-corrected chi connectivity index (χ2v) is 5.19. The zero-order valence-electron chi connectivity index (χ0n) is 11.5. The van der Waals surface area contributed by atoms with Crippen molar-refractivity contribution in [3.05, 3.63) is 63.7 Å². The van der Waals surface area contributed by atoms with Gasteiger partial charge in [-0.2, -0.15) is 5.26 Å². The molecule has 2 rings (SSSR count). The Balaban J connectivity index is 2.31. The summed E-state index contributed by atoms with van der Waals surface area (Å²) in [4.78, 5) is 0. The Morgan fingerprint density at radius 2 is 1.90 bits per heavy atom. The number of anilines is 1. The minimum Gasteiger partial charge on any atom is -0.378 e. The van der Waals surface area contributed by atoms with Crippen molar-refractivity contribution in [1.82, 2.24) is 0 Å². The second kappa shape index (κ2) is 6.11. The summed E-state index contributed by atoms with van der Waals surface area (Å²) in [7, 11) is 0. The van der Waals surface area contributed by atoms with E-state index >= 15 is 0 Å². The van der Waals surface area contributed by atoms with Crippen LogP contribution in [-0.2, 0) is 0 Å². The Morgan fingerprint density at radius 1 is 1.19 bits per heavy atom. The molecule has 0 saturated heterocycles. The van der Waals surface area contributed by atoms with Crippen molar-refractivity contribution in [3.8, 4) is 6.07 Å². The van der Waals surface area contributed by atoms with Crippen LogP contribution in [0.4, 0.5) is 14.5 Å². The molecule has 21 heavy (non-hydrogen) atoms. The van der Waals surface area contributed by atoms with Crippen LogP contribution >= 0.6 is 11.6 Å². The summed E-state index contributed by atoms with van der Waals surface area (Å²) in [5.41, 5.74) is 1.96. The first-order valence-corrected chi connectivity index (χ1v) is 6.72. The van der Waals surface area contributed by atoms with Crippen LogP contribution in [0.2, 0.25) is 5.02 Å². The van der Waals surface area contributed by atoms with E-state index < -0.39 is 11.6 Å². The van der Waals surface area contributed by atoms with Gasteiger partial charge in [0, 0.05) is 17.3 Å². The number of halogens is 3. The number of nitrogens with one attached hydrogen (secondary N) is 1. The van der Waals surface area contributed by atoms with E-state index in [1.807, 2.05) is 13.0 Å². The number of hydrogen-bond acceptors (Lipinski definition) is 2. The molecule has 0 spiro atoms. The summed E-state index contributed by atoms with van der Waals surface area (Å²) in [6.07, 6.45) is 0. The van der Waals surface area contributed by atoms with Gasteiger partial charge >= 0.3 is 0 Å². The lowest BCUT2D eigenvalue weighted by molar-refractivity contribution is 0.618. The van der Waals surface area contributed by atoms with Crippen molar-refractivity contribution in [3.63, 3.8) is 0 Å². The zero-order valence-corrected chi connectivity index (χ0v) is 12.3. The predicted octanol–water partition coefficient (Wildman–Crippen LogP) is 4.97. The third kappa shape index (κ3) is 3.32. The number of nitrogens with zero attached hydrogens (tertiary/aromatic N) is 1. The van der Waals surface area contributed by atoms with Gasteiger partial charge in [-0.3, -0.25) is 0 Å². The Hall–Kier alpha value is -2.12. The van der Waals surface area contributed by atoms with E-state index in [2.05, 4.69) is 5.32 Å². The lowest BCUT2D eigenvalue weighted by Crippen LogP contribution is -2.09. The fourth-order valence-electron chi connectivity index (χ4n) is 1.99. The van der Waals surface area contributed by atoms with Gasteiger partial charge < -0.3 is 5.32 Å². The molecule has 5 heteroatoms. The molecule has 0 aliphatic rings. The molecule has 1 atom stereocenters. The number of benzene rings is 2. The normalized spacial score (nSPS) is 11.8. The van der Waals surface area contributed by atoms with Crippen molar-refractivity contribution < 1.29 is 8.78 Å². The first-order valence-electron chi connectivity index (χ1n) is 6.34. The van der Waals surface area contributed by atoms with Gasteiger partial charge in [-0.05, 0) is 43.7 Å². The first-order chi connectivity index (χ1) is 9.92. The summed E-state index contributed by atoms with van der Waals surface area (Å²) in [5, 5.41) is 12.0. The number of nitriles is 1. The van der Waals surface area contributed by atoms with Gasteiger partial charge in [0.15, 0.2) is 0 Å². The fourth-order valence-corrected chi connectivity index (χ4v) is 2.18. The van der Waals surface area contributed by atoms with Crippen LogP contribution in [0.1, 0.15) is 29.7 Å². The van der Waals surface area contributed by atoms with E-state index in [1.165, 1.54) is 18.2 Å². The molecule has 1 N–H and O–H groups in total. The highest BCUT2D eigenvalue weighted by atomic mass is 35.5. The van der Waals surface area contributed by atoms with Gasteiger partial charge in [0.05, 0.1) is 16.7 Å². The van der Waals surface area contributed by atoms with Gasteiger partial charge in [0.25, 0.3) is 0 Å². The van der Waals surface area contributed by atoms with Gasteiger partial charge in [-0.15, -0.1) is 0 Å². The van der Waals surface area contributed by atoms with Crippen molar-refractivity contribution in [2.45, 2.75) is 19.9 Å². The highest BCUT2D eigenvalue weighted by molar-refractivity contribution is 6.30. The number of rotatable bonds is 3. The van der Waals surface area contributed by atoms with E-state index in [0.29, 0.717) is 11.3 Å². The second-order valence-electron chi connectivity index (χ2n) is 4.78. The minimum atomic E-state index is -0.485. The third-order valence-electron chi connectivity index (χ3n) is 3.29. The molecule has 0 bridgehead atoms. The van der Waals surface area contributed by atoms with E-state index in [0.717, 1.165) is 5.56 Å². The van der Waals surface area contributed by atoms with Gasteiger partial charge in [-0.25, -0.2) is 8.78 Å². The van der Waals surface area contributed by atoms with Crippen LogP contribution in [-0.4, -0.2) is 0 Å². The molecule has 2 nitrogen and oxygen atoms in total. The molecule has 2 aromatic carbocycles. The van der Waals surface area contributed by atoms with Crippen molar-refractivity contribution in [2.24, 2.45) is 0 Å². The third-order valence-corrected chi connectivity index (χ3v) is 3.58. The maximum atomic E-state index is 13.7. The predicted molar refractivity (Wildman–Crippen MR) is 79.3 cm³/mol. The van der Waals surface area contributed by atoms with Gasteiger partial charge in [0.1, 0.15) is 11.6 Å². The van der Waals surface area contributed by atoms with Gasteiger partial charge in [0.2, 0.25) is 0 Å². The average molecular weight is 307 g/mol. The molecule has 108 valence electrons. The Labute approximate surface area is 127 Å². The average Bonchev–Trinajstić information content (AvgIpc) is 2.46. The summed E-state index contributed by atoms with van der Waals surface area (Å²) in [5.74, 6) is -0.929. The summed E-state index contributed by atoms with van der Waals surface area (Å²) in [6, 6.07) is 8.90. The molecule has 0 aliphatic carbocycles. The monoisotopic (exact) mass is 306 g/mol. The molecular formula is C16H13ClF2N2. The molecule has 0 aliphatic heterocycles. The topological polar surface area (TPSA) is 35.8 Å².